The number of hydrogen-bond acceptors (Lipinski definition) is 4. The summed E-state index contributed by atoms with van der Waals surface area (Å²) in [5.41, 5.74) is 17.0. The van der Waals surface area contributed by atoms with Crippen molar-refractivity contribution in [3.05, 3.63) is 23.8 Å². The zero-order chi connectivity index (χ0) is 13.9. The van der Waals surface area contributed by atoms with Crippen LogP contribution in [0.5, 0.6) is 0 Å². The Morgan fingerprint density at radius 1 is 1.28 bits per heavy atom. The van der Waals surface area contributed by atoms with Crippen LogP contribution in [0.25, 0.3) is 0 Å². The van der Waals surface area contributed by atoms with Crippen molar-refractivity contribution in [1.29, 1.82) is 0 Å². The number of amides is 2. The average molecular weight is 250 g/mol. The van der Waals surface area contributed by atoms with Crippen LogP contribution >= 0.6 is 0 Å². The third kappa shape index (κ3) is 3.65. The summed E-state index contributed by atoms with van der Waals surface area (Å²) in [6.45, 7) is 3.63. The molecule has 0 fully saturated rings. The molecule has 6 heteroatoms. The van der Waals surface area contributed by atoms with Gasteiger partial charge in [-0.1, -0.05) is 0 Å². The van der Waals surface area contributed by atoms with Gasteiger partial charge in [0.2, 0.25) is 11.8 Å². The highest BCUT2D eigenvalue weighted by Crippen LogP contribution is 2.25. The second kappa shape index (κ2) is 4.95. The number of benzene rings is 1. The van der Waals surface area contributed by atoms with E-state index in [1.54, 1.807) is 18.2 Å². The molecule has 98 valence electrons. The summed E-state index contributed by atoms with van der Waals surface area (Å²) < 4.78 is 0. The predicted octanol–water partition coefficient (Wildman–Crippen LogP) is 0.434. The van der Waals surface area contributed by atoms with Gasteiger partial charge in [-0.3, -0.25) is 9.59 Å². The number of nitrogen functional groups attached to an aromatic ring is 1. The molecule has 0 bridgehead atoms. The van der Waals surface area contributed by atoms with Gasteiger partial charge in [-0.05, 0) is 32.0 Å². The second-order valence-electron chi connectivity index (χ2n) is 4.82. The molecule has 0 aliphatic heterocycles. The van der Waals surface area contributed by atoms with Gasteiger partial charge < -0.3 is 22.5 Å². The smallest absolute Gasteiger partial charge is 0.248 e. The highest BCUT2D eigenvalue weighted by molar-refractivity contribution is 5.95. The van der Waals surface area contributed by atoms with Crippen LogP contribution in [0.1, 0.15) is 30.6 Å². The topological polar surface area (TPSA) is 124 Å². The van der Waals surface area contributed by atoms with Gasteiger partial charge in [0.25, 0.3) is 0 Å². The van der Waals surface area contributed by atoms with E-state index in [9.17, 15) is 9.59 Å². The molecule has 18 heavy (non-hydrogen) atoms. The molecule has 0 aliphatic carbocycles. The molecule has 0 unspecified atom stereocenters. The normalized spacial score (nSPS) is 11.0. The molecular formula is C12H18N4O2. The Labute approximate surface area is 106 Å². The molecule has 0 saturated heterocycles. The quantitative estimate of drug-likeness (QED) is 0.566. The Morgan fingerprint density at radius 3 is 2.39 bits per heavy atom. The molecule has 0 spiro atoms. The summed E-state index contributed by atoms with van der Waals surface area (Å²) in [5.74, 6) is -0.956. The molecule has 7 N–H and O–H groups in total. The summed E-state index contributed by atoms with van der Waals surface area (Å²) in [7, 11) is 0. The summed E-state index contributed by atoms with van der Waals surface area (Å²) in [5, 5.41) is 3.08. The van der Waals surface area contributed by atoms with Gasteiger partial charge in [0.05, 0.1) is 11.4 Å². The van der Waals surface area contributed by atoms with Crippen molar-refractivity contribution < 1.29 is 9.59 Å². The van der Waals surface area contributed by atoms with Crippen LogP contribution in [0.4, 0.5) is 11.4 Å². The number of anilines is 2. The zero-order valence-corrected chi connectivity index (χ0v) is 10.5. The van der Waals surface area contributed by atoms with Gasteiger partial charge in [0.1, 0.15) is 0 Å². The SMILES string of the molecule is CC(C)(CC(N)=O)Nc1cc(C(N)=O)ccc1N. The molecule has 0 aromatic heterocycles. The van der Waals surface area contributed by atoms with Crippen LogP contribution in [-0.4, -0.2) is 17.4 Å². The molecule has 0 radical (unpaired) electrons. The van der Waals surface area contributed by atoms with Gasteiger partial charge in [0, 0.05) is 17.5 Å². The summed E-state index contributed by atoms with van der Waals surface area (Å²) in [6.07, 6.45) is 0.146. The predicted molar refractivity (Wildman–Crippen MR) is 70.9 cm³/mol. The third-order valence-electron chi connectivity index (χ3n) is 2.43. The van der Waals surface area contributed by atoms with E-state index in [0.29, 0.717) is 16.9 Å². The van der Waals surface area contributed by atoms with Crippen LogP contribution < -0.4 is 22.5 Å². The van der Waals surface area contributed by atoms with Crippen molar-refractivity contribution in [2.45, 2.75) is 25.8 Å². The number of nitrogens with one attached hydrogen (secondary N) is 1. The number of carbonyl (C=O) groups excluding carboxylic acids is 2. The molecule has 0 saturated carbocycles. The van der Waals surface area contributed by atoms with E-state index in [4.69, 9.17) is 17.2 Å². The van der Waals surface area contributed by atoms with Crippen molar-refractivity contribution in [1.82, 2.24) is 0 Å². The number of rotatable bonds is 5. The van der Waals surface area contributed by atoms with Crippen molar-refractivity contribution in [2.75, 3.05) is 11.1 Å². The van der Waals surface area contributed by atoms with Crippen molar-refractivity contribution in [3.8, 4) is 0 Å². The Bertz CT molecular complexity index is 483. The first-order chi connectivity index (χ1) is 8.21. The lowest BCUT2D eigenvalue weighted by Gasteiger charge is -2.27. The minimum absolute atomic E-state index is 0.146. The van der Waals surface area contributed by atoms with Crippen LogP contribution in [0.3, 0.4) is 0 Å². The van der Waals surface area contributed by atoms with Gasteiger partial charge in [-0.15, -0.1) is 0 Å². The largest absolute Gasteiger partial charge is 0.397 e. The van der Waals surface area contributed by atoms with E-state index in [1.165, 1.54) is 0 Å². The molecule has 1 rings (SSSR count). The Morgan fingerprint density at radius 2 is 1.89 bits per heavy atom. The summed E-state index contributed by atoms with van der Waals surface area (Å²) in [4.78, 5) is 22.0. The van der Waals surface area contributed by atoms with Crippen LogP contribution in [0.2, 0.25) is 0 Å². The summed E-state index contributed by atoms with van der Waals surface area (Å²) in [6, 6.07) is 4.69. The van der Waals surface area contributed by atoms with Crippen LogP contribution in [-0.2, 0) is 4.79 Å². The molecule has 6 nitrogen and oxygen atoms in total. The molecule has 0 atom stereocenters. The monoisotopic (exact) mass is 250 g/mol. The average Bonchev–Trinajstić information content (AvgIpc) is 2.18. The fraction of sp³-hybridized carbons (Fsp3) is 0.333. The first kappa shape index (κ1) is 13.8. The maximum Gasteiger partial charge on any atom is 0.248 e. The minimum Gasteiger partial charge on any atom is -0.397 e. The molecule has 1 aromatic rings. The van der Waals surface area contributed by atoms with Crippen molar-refractivity contribution >= 4 is 23.2 Å². The second-order valence-corrected chi connectivity index (χ2v) is 4.82. The Hall–Kier alpha value is -2.24. The lowest BCUT2D eigenvalue weighted by molar-refractivity contribution is -0.118. The van der Waals surface area contributed by atoms with Crippen LogP contribution in [0.15, 0.2) is 18.2 Å². The third-order valence-corrected chi connectivity index (χ3v) is 2.43. The van der Waals surface area contributed by atoms with E-state index in [-0.39, 0.29) is 6.42 Å². The van der Waals surface area contributed by atoms with Gasteiger partial charge in [-0.2, -0.15) is 0 Å². The number of hydrogen-bond donors (Lipinski definition) is 4. The highest BCUT2D eigenvalue weighted by Gasteiger charge is 2.21. The first-order valence-electron chi connectivity index (χ1n) is 5.47. The highest BCUT2D eigenvalue weighted by atomic mass is 16.1. The van der Waals surface area contributed by atoms with Gasteiger partial charge in [-0.25, -0.2) is 0 Å². The molecule has 1 aromatic carbocycles. The number of carbonyl (C=O) groups is 2. The van der Waals surface area contributed by atoms with Crippen LogP contribution in [0, 0.1) is 0 Å². The Kier molecular flexibility index (Phi) is 3.80. The maximum atomic E-state index is 11.1. The van der Waals surface area contributed by atoms with E-state index >= 15 is 0 Å². The van der Waals surface area contributed by atoms with E-state index < -0.39 is 17.4 Å². The lowest BCUT2D eigenvalue weighted by atomic mass is 9.99. The van der Waals surface area contributed by atoms with E-state index in [1.807, 2.05) is 13.8 Å². The number of primary amides is 2. The molecule has 2 amide bonds. The van der Waals surface area contributed by atoms with E-state index in [2.05, 4.69) is 5.32 Å². The Balaban J connectivity index is 2.99. The summed E-state index contributed by atoms with van der Waals surface area (Å²) >= 11 is 0. The zero-order valence-electron chi connectivity index (χ0n) is 10.5. The van der Waals surface area contributed by atoms with E-state index in [0.717, 1.165) is 0 Å². The van der Waals surface area contributed by atoms with Gasteiger partial charge >= 0.3 is 0 Å². The van der Waals surface area contributed by atoms with Gasteiger partial charge in [0.15, 0.2) is 0 Å². The standard InChI is InChI=1S/C12H18N4O2/c1-12(2,6-10(14)17)16-9-5-7(11(15)18)3-4-8(9)13/h3-5,16H,6,13H2,1-2H3,(H2,14,17)(H2,15,18). The lowest BCUT2D eigenvalue weighted by Crippen LogP contribution is -2.36. The fourth-order valence-electron chi connectivity index (χ4n) is 1.66. The fourth-order valence-corrected chi connectivity index (χ4v) is 1.66. The minimum atomic E-state index is -0.559. The van der Waals surface area contributed by atoms with Crippen molar-refractivity contribution in [3.63, 3.8) is 0 Å². The molecular weight excluding hydrogens is 232 g/mol. The van der Waals surface area contributed by atoms with Crippen molar-refractivity contribution in [2.24, 2.45) is 11.5 Å². The molecule has 0 aliphatic rings. The maximum absolute atomic E-state index is 11.1. The first-order valence-corrected chi connectivity index (χ1v) is 5.47. The molecule has 0 heterocycles. The number of nitrogens with two attached hydrogens (primary N) is 3.